The molecule has 22 heavy (non-hydrogen) atoms. The number of nitrogens with one attached hydrogen (secondary N) is 1. The average molecular weight is 307 g/mol. The van der Waals surface area contributed by atoms with Crippen LogP contribution in [-0.2, 0) is 9.47 Å². The molecule has 0 saturated heterocycles. The van der Waals surface area contributed by atoms with Crippen LogP contribution in [0, 0.1) is 12.3 Å². The molecule has 0 spiro atoms. The molecule has 4 nitrogen and oxygen atoms in total. The second-order valence-corrected chi connectivity index (χ2v) is 4.95. The molecule has 1 amide bonds. The SMILES string of the molecule is C#C/C(=C\C=C\COC(=O)NCCCCCCCCC)OC. The zero-order valence-corrected chi connectivity index (χ0v) is 13.9. The van der Waals surface area contributed by atoms with E-state index in [0.29, 0.717) is 12.3 Å². The van der Waals surface area contributed by atoms with E-state index in [9.17, 15) is 4.79 Å². The Kier molecular flexibility index (Phi) is 14.2. The van der Waals surface area contributed by atoms with E-state index < -0.39 is 0 Å². The molecule has 0 rings (SSSR count). The van der Waals surface area contributed by atoms with Gasteiger partial charge in [-0.1, -0.05) is 51.5 Å². The lowest BCUT2D eigenvalue weighted by Gasteiger charge is -2.05. The zero-order valence-electron chi connectivity index (χ0n) is 13.9. The first kappa shape index (κ1) is 20.1. The number of methoxy groups -OCH3 is 1. The third-order valence-corrected chi connectivity index (χ3v) is 3.11. The number of hydrogen-bond acceptors (Lipinski definition) is 3. The maximum Gasteiger partial charge on any atom is 0.407 e. The average Bonchev–Trinajstić information content (AvgIpc) is 2.53. The Hall–Kier alpha value is -1.89. The summed E-state index contributed by atoms with van der Waals surface area (Å²) in [6.07, 6.45) is 18.4. The van der Waals surface area contributed by atoms with E-state index in [1.165, 1.54) is 39.2 Å². The number of hydrogen-bond donors (Lipinski definition) is 1. The monoisotopic (exact) mass is 307 g/mol. The van der Waals surface area contributed by atoms with Gasteiger partial charge in [0.25, 0.3) is 0 Å². The topological polar surface area (TPSA) is 47.6 Å². The minimum absolute atomic E-state index is 0.209. The second-order valence-electron chi connectivity index (χ2n) is 4.95. The highest BCUT2D eigenvalue weighted by Crippen LogP contribution is 2.06. The molecule has 4 heteroatoms. The molecule has 0 saturated carbocycles. The van der Waals surface area contributed by atoms with Crippen molar-refractivity contribution in [3.05, 3.63) is 24.0 Å². The Morgan fingerprint density at radius 2 is 1.86 bits per heavy atom. The fourth-order valence-corrected chi connectivity index (χ4v) is 1.83. The van der Waals surface area contributed by atoms with Crippen LogP contribution in [0.15, 0.2) is 24.0 Å². The molecule has 0 aliphatic rings. The van der Waals surface area contributed by atoms with E-state index in [1.54, 1.807) is 18.2 Å². The van der Waals surface area contributed by atoms with Crippen molar-refractivity contribution in [1.82, 2.24) is 5.32 Å². The number of carbonyl (C=O) groups is 1. The Morgan fingerprint density at radius 3 is 2.50 bits per heavy atom. The summed E-state index contributed by atoms with van der Waals surface area (Å²) in [5.74, 6) is 2.80. The molecule has 0 atom stereocenters. The lowest BCUT2D eigenvalue weighted by Crippen LogP contribution is -2.25. The quantitative estimate of drug-likeness (QED) is 0.255. The minimum atomic E-state index is -0.386. The lowest BCUT2D eigenvalue weighted by atomic mass is 10.1. The van der Waals surface area contributed by atoms with Gasteiger partial charge in [0.15, 0.2) is 5.76 Å². The molecule has 124 valence electrons. The molecule has 0 bridgehead atoms. The van der Waals surface area contributed by atoms with Crippen LogP contribution in [0.25, 0.3) is 0 Å². The molecular weight excluding hydrogens is 278 g/mol. The summed E-state index contributed by atoms with van der Waals surface area (Å²) in [6, 6.07) is 0. The van der Waals surface area contributed by atoms with Gasteiger partial charge in [0, 0.05) is 6.54 Å². The van der Waals surface area contributed by atoms with E-state index in [2.05, 4.69) is 18.2 Å². The fraction of sp³-hybridized carbons (Fsp3) is 0.611. The number of ether oxygens (including phenoxy) is 2. The van der Waals surface area contributed by atoms with Gasteiger partial charge in [-0.25, -0.2) is 4.79 Å². The van der Waals surface area contributed by atoms with Crippen LogP contribution >= 0.6 is 0 Å². The van der Waals surface area contributed by atoms with Gasteiger partial charge in [-0.05, 0) is 24.5 Å². The predicted molar refractivity (Wildman–Crippen MR) is 90.4 cm³/mol. The van der Waals surface area contributed by atoms with Crippen molar-refractivity contribution < 1.29 is 14.3 Å². The van der Waals surface area contributed by atoms with Gasteiger partial charge < -0.3 is 14.8 Å². The smallest absolute Gasteiger partial charge is 0.407 e. The Balaban J connectivity index is 3.49. The molecule has 0 aliphatic heterocycles. The van der Waals surface area contributed by atoms with E-state index in [1.807, 2.05) is 0 Å². The minimum Gasteiger partial charge on any atom is -0.489 e. The molecule has 0 fully saturated rings. The number of alkyl carbamates (subject to hydrolysis) is 1. The number of rotatable bonds is 12. The fourth-order valence-electron chi connectivity index (χ4n) is 1.83. The van der Waals surface area contributed by atoms with Crippen molar-refractivity contribution in [2.75, 3.05) is 20.3 Å². The molecule has 0 radical (unpaired) electrons. The van der Waals surface area contributed by atoms with Crippen molar-refractivity contribution in [1.29, 1.82) is 0 Å². The van der Waals surface area contributed by atoms with Gasteiger partial charge in [0.2, 0.25) is 0 Å². The third kappa shape index (κ3) is 13.1. The first-order valence-corrected chi connectivity index (χ1v) is 8.02. The van der Waals surface area contributed by atoms with E-state index >= 15 is 0 Å². The molecule has 0 aromatic rings. The van der Waals surface area contributed by atoms with E-state index in [4.69, 9.17) is 15.9 Å². The van der Waals surface area contributed by atoms with Crippen molar-refractivity contribution in [2.24, 2.45) is 0 Å². The van der Waals surface area contributed by atoms with Crippen LogP contribution in [0.4, 0.5) is 4.79 Å². The number of allylic oxidation sites excluding steroid dienone is 3. The number of terminal acetylenes is 1. The Morgan fingerprint density at radius 1 is 1.18 bits per heavy atom. The summed E-state index contributed by atoms with van der Waals surface area (Å²) in [5.41, 5.74) is 0. The maximum absolute atomic E-state index is 11.4. The van der Waals surface area contributed by atoms with Gasteiger partial charge in [-0.2, -0.15) is 0 Å². The highest BCUT2D eigenvalue weighted by atomic mass is 16.5. The van der Waals surface area contributed by atoms with Gasteiger partial charge in [0.1, 0.15) is 6.61 Å². The van der Waals surface area contributed by atoms with E-state index in [-0.39, 0.29) is 12.7 Å². The number of unbranched alkanes of at least 4 members (excludes halogenated alkanes) is 6. The zero-order chi connectivity index (χ0) is 16.5. The number of carbonyl (C=O) groups excluding carboxylic acids is 1. The standard InChI is InChI=1S/C18H29NO3/c1-4-6-7-8-9-10-12-15-19-18(20)22-16-13-11-14-17(5-2)21-3/h2,11,13-14H,4,6-10,12,15-16H2,1,3H3,(H,19,20)/b13-11+,17-14+. The van der Waals surface area contributed by atoms with Crippen molar-refractivity contribution in [3.63, 3.8) is 0 Å². The third-order valence-electron chi connectivity index (χ3n) is 3.11. The van der Waals surface area contributed by atoms with Crippen LogP contribution in [0.1, 0.15) is 51.9 Å². The summed E-state index contributed by atoms with van der Waals surface area (Å²) in [4.78, 5) is 11.4. The molecule has 0 aromatic heterocycles. The van der Waals surface area contributed by atoms with Crippen LogP contribution < -0.4 is 5.32 Å². The molecule has 1 N–H and O–H groups in total. The maximum atomic E-state index is 11.4. The highest BCUT2D eigenvalue weighted by Gasteiger charge is 1.98. The van der Waals surface area contributed by atoms with E-state index in [0.717, 1.165) is 12.8 Å². The van der Waals surface area contributed by atoms with Gasteiger partial charge in [-0.15, -0.1) is 6.42 Å². The lowest BCUT2D eigenvalue weighted by molar-refractivity contribution is 0.158. The first-order valence-electron chi connectivity index (χ1n) is 8.02. The molecular formula is C18H29NO3. The largest absolute Gasteiger partial charge is 0.489 e. The first-order chi connectivity index (χ1) is 10.7. The van der Waals surface area contributed by atoms with Crippen molar-refractivity contribution >= 4 is 6.09 Å². The van der Waals surface area contributed by atoms with Crippen LogP contribution in [0.2, 0.25) is 0 Å². The van der Waals surface area contributed by atoms with Crippen LogP contribution in [0.3, 0.4) is 0 Å². The van der Waals surface area contributed by atoms with Gasteiger partial charge >= 0.3 is 6.09 Å². The molecule has 0 unspecified atom stereocenters. The predicted octanol–water partition coefficient (Wildman–Crippen LogP) is 4.18. The summed E-state index contributed by atoms with van der Waals surface area (Å²) >= 11 is 0. The van der Waals surface area contributed by atoms with Crippen molar-refractivity contribution in [2.45, 2.75) is 51.9 Å². The Labute approximate surface area is 135 Å². The second kappa shape index (κ2) is 15.5. The van der Waals surface area contributed by atoms with Crippen molar-refractivity contribution in [3.8, 4) is 12.3 Å². The molecule has 0 heterocycles. The molecule has 0 aliphatic carbocycles. The number of amides is 1. The summed E-state index contributed by atoms with van der Waals surface area (Å²) < 4.78 is 9.88. The van der Waals surface area contributed by atoms with Crippen LogP contribution in [0.5, 0.6) is 0 Å². The summed E-state index contributed by atoms with van der Waals surface area (Å²) in [5, 5.41) is 2.74. The highest BCUT2D eigenvalue weighted by molar-refractivity contribution is 5.67. The van der Waals surface area contributed by atoms with Gasteiger partial charge in [0.05, 0.1) is 7.11 Å². The summed E-state index contributed by atoms with van der Waals surface area (Å²) in [7, 11) is 1.51. The molecule has 0 aromatic carbocycles. The normalized spacial score (nSPS) is 11.2. The van der Waals surface area contributed by atoms with Gasteiger partial charge in [-0.3, -0.25) is 0 Å². The van der Waals surface area contributed by atoms with Crippen LogP contribution in [-0.4, -0.2) is 26.4 Å². The Bertz CT molecular complexity index is 380. The summed E-state index contributed by atoms with van der Waals surface area (Å²) in [6.45, 7) is 3.09.